The number of thiophene rings is 1. The number of aryl methyl sites for hydroxylation is 3. The summed E-state index contributed by atoms with van der Waals surface area (Å²) in [6.45, 7) is 16.9. The molecule has 3 atom stereocenters. The molecule has 4 aliphatic heterocycles. The van der Waals surface area contributed by atoms with Crippen molar-refractivity contribution < 1.29 is 5.11 Å². The predicted molar refractivity (Wildman–Crippen MR) is 253 cm³/mol. The molecule has 1 N–H and O–H groups in total. The van der Waals surface area contributed by atoms with Crippen molar-refractivity contribution in [3.05, 3.63) is 153 Å². The number of phenols is 1. The number of piperidine rings is 2. The van der Waals surface area contributed by atoms with Crippen LogP contribution in [0.5, 0.6) is 5.75 Å². The minimum atomic E-state index is -0.0680. The molecule has 1 spiro atoms. The summed E-state index contributed by atoms with van der Waals surface area (Å²) in [5.41, 5.74) is 13.3. The fourth-order valence-electron chi connectivity index (χ4n) is 11.7. The Morgan fingerprint density at radius 2 is 1.47 bits per heavy atom. The van der Waals surface area contributed by atoms with Crippen LogP contribution in [0, 0.1) is 32.1 Å². The standard InChI is InChI=1S/C53H59N7OS/c1-34-36(3)62-52-48(34)50(54-35(2)51-56-55-37(4)60(51)52)41-12-17-44(18-13-41)59-32-53(33-59)24-28-57(29-25-53)31-38-22-26-58(27-23-38)43-15-10-40(11-16-43)49-46(39-8-6-5-7-9-39)20-14-42-30-45(61)19-21-47(42)49/h5-13,15-19,21,30,35,38,46,49,61H,14,20,22-29,31-33H2,1-4H3/t35-,46+,49-/m0/s1. The van der Waals surface area contributed by atoms with Crippen LogP contribution in [0.15, 0.2) is 102 Å². The van der Waals surface area contributed by atoms with Crippen LogP contribution in [0.1, 0.15) is 112 Å². The fourth-order valence-corrected chi connectivity index (χ4v) is 12.9. The molecule has 318 valence electrons. The molecule has 62 heavy (non-hydrogen) atoms. The quantitative estimate of drug-likeness (QED) is 0.173. The van der Waals surface area contributed by atoms with Gasteiger partial charge in [-0.3, -0.25) is 9.56 Å². The largest absolute Gasteiger partial charge is 0.508 e. The minimum absolute atomic E-state index is 0.0680. The van der Waals surface area contributed by atoms with Crippen molar-refractivity contribution in [2.45, 2.75) is 84.1 Å². The van der Waals surface area contributed by atoms with Gasteiger partial charge < -0.3 is 19.8 Å². The molecule has 8 nitrogen and oxygen atoms in total. The highest BCUT2D eigenvalue weighted by Crippen LogP contribution is 2.48. The van der Waals surface area contributed by atoms with E-state index in [1.54, 1.807) is 0 Å². The Morgan fingerprint density at radius 3 is 2.21 bits per heavy atom. The van der Waals surface area contributed by atoms with Gasteiger partial charge in [0.25, 0.3) is 0 Å². The second-order valence-electron chi connectivity index (χ2n) is 19.2. The van der Waals surface area contributed by atoms with Crippen LogP contribution in [0.3, 0.4) is 0 Å². The van der Waals surface area contributed by atoms with Crippen molar-refractivity contribution in [2.24, 2.45) is 16.3 Å². The van der Waals surface area contributed by atoms with Crippen LogP contribution in [0.25, 0.3) is 5.00 Å². The van der Waals surface area contributed by atoms with Gasteiger partial charge >= 0.3 is 0 Å². The van der Waals surface area contributed by atoms with Crippen LogP contribution in [0.2, 0.25) is 0 Å². The van der Waals surface area contributed by atoms with E-state index in [4.69, 9.17) is 4.99 Å². The Balaban J connectivity index is 0.678. The lowest BCUT2D eigenvalue weighted by Crippen LogP contribution is -2.60. The summed E-state index contributed by atoms with van der Waals surface area (Å²) in [6, 6.07) is 35.7. The second-order valence-corrected chi connectivity index (χ2v) is 20.4. The Morgan fingerprint density at radius 1 is 0.758 bits per heavy atom. The number of phenolic OH excluding ortho intramolecular Hbond substituents is 1. The predicted octanol–water partition coefficient (Wildman–Crippen LogP) is 10.6. The Hall–Kier alpha value is -5.25. The average Bonchev–Trinajstić information content (AvgIpc) is 3.78. The molecule has 0 amide bonds. The zero-order valence-corrected chi connectivity index (χ0v) is 37.5. The summed E-state index contributed by atoms with van der Waals surface area (Å²) in [7, 11) is 0. The Labute approximate surface area is 371 Å². The molecular formula is C53H59N7OS. The number of aromatic nitrogens is 3. The first kappa shape index (κ1) is 39.6. The first-order valence-corrected chi connectivity index (χ1v) is 23.9. The van der Waals surface area contributed by atoms with E-state index in [0.29, 0.717) is 17.1 Å². The zero-order chi connectivity index (χ0) is 42.1. The van der Waals surface area contributed by atoms with Gasteiger partial charge in [0.1, 0.15) is 22.6 Å². The molecule has 0 radical (unpaired) electrons. The summed E-state index contributed by atoms with van der Waals surface area (Å²) < 4.78 is 2.22. The zero-order valence-electron chi connectivity index (χ0n) is 36.7. The van der Waals surface area contributed by atoms with E-state index in [2.05, 4.69) is 135 Å². The van der Waals surface area contributed by atoms with Crippen molar-refractivity contribution in [3.63, 3.8) is 0 Å². The maximum absolute atomic E-state index is 10.3. The first-order valence-electron chi connectivity index (χ1n) is 23.1. The third kappa shape index (κ3) is 7.05. The first-order chi connectivity index (χ1) is 30.2. The van der Waals surface area contributed by atoms with Crippen molar-refractivity contribution in [1.82, 2.24) is 19.7 Å². The summed E-state index contributed by atoms with van der Waals surface area (Å²) >= 11 is 1.82. The number of likely N-dealkylation sites (tertiary alicyclic amines) is 1. The minimum Gasteiger partial charge on any atom is -0.508 e. The average molecular weight is 842 g/mol. The highest BCUT2D eigenvalue weighted by atomic mass is 32.1. The van der Waals surface area contributed by atoms with Crippen LogP contribution >= 0.6 is 11.3 Å². The highest BCUT2D eigenvalue weighted by molar-refractivity contribution is 7.15. The molecule has 1 aliphatic carbocycles. The van der Waals surface area contributed by atoms with Crippen molar-refractivity contribution in [1.29, 1.82) is 0 Å². The van der Waals surface area contributed by atoms with Crippen LogP contribution in [0.4, 0.5) is 11.4 Å². The van der Waals surface area contributed by atoms with E-state index < -0.39 is 0 Å². The van der Waals surface area contributed by atoms with Gasteiger partial charge in [0.05, 0.1) is 5.71 Å². The molecule has 0 unspecified atom stereocenters. The summed E-state index contributed by atoms with van der Waals surface area (Å²) in [5, 5.41) is 20.4. The van der Waals surface area contributed by atoms with Gasteiger partial charge in [0.2, 0.25) is 0 Å². The van der Waals surface area contributed by atoms with E-state index in [0.717, 1.165) is 49.2 Å². The van der Waals surface area contributed by atoms with E-state index in [1.165, 1.54) is 119 Å². The number of benzene rings is 4. The Kier molecular flexibility index (Phi) is 10.1. The number of rotatable bonds is 7. The molecule has 6 aromatic rings. The normalized spacial score (nSPS) is 22.4. The maximum Gasteiger partial charge on any atom is 0.162 e. The Bertz CT molecular complexity index is 2600. The smallest absolute Gasteiger partial charge is 0.162 e. The summed E-state index contributed by atoms with van der Waals surface area (Å²) in [4.78, 5) is 14.6. The molecule has 3 fully saturated rings. The maximum atomic E-state index is 10.3. The molecule has 0 saturated carbocycles. The molecule has 4 aromatic carbocycles. The van der Waals surface area contributed by atoms with E-state index in [1.807, 2.05) is 30.4 Å². The molecule has 5 aliphatic rings. The number of aromatic hydroxyl groups is 1. The van der Waals surface area contributed by atoms with Crippen LogP contribution in [-0.4, -0.2) is 76.3 Å². The van der Waals surface area contributed by atoms with Gasteiger partial charge in [-0.1, -0.05) is 60.7 Å². The third-order valence-electron chi connectivity index (χ3n) is 15.4. The molecule has 2 aromatic heterocycles. The van der Waals surface area contributed by atoms with Gasteiger partial charge in [-0.15, -0.1) is 21.5 Å². The van der Waals surface area contributed by atoms with Crippen molar-refractivity contribution in [2.75, 3.05) is 55.6 Å². The van der Waals surface area contributed by atoms with E-state index >= 15 is 0 Å². The molecule has 6 heterocycles. The van der Waals surface area contributed by atoms with Crippen LogP contribution in [-0.2, 0) is 6.42 Å². The van der Waals surface area contributed by atoms with Gasteiger partial charge in [-0.05, 0) is 155 Å². The van der Waals surface area contributed by atoms with Gasteiger partial charge in [0, 0.05) is 71.4 Å². The number of aliphatic imine (C=N–C) groups is 1. The highest BCUT2D eigenvalue weighted by Gasteiger charge is 2.45. The molecule has 3 saturated heterocycles. The van der Waals surface area contributed by atoms with Gasteiger partial charge in [0.15, 0.2) is 5.82 Å². The third-order valence-corrected chi connectivity index (χ3v) is 16.6. The number of fused-ring (bicyclic) bond motifs is 4. The lowest BCUT2D eigenvalue weighted by atomic mass is 9.69. The van der Waals surface area contributed by atoms with E-state index in [-0.39, 0.29) is 12.0 Å². The van der Waals surface area contributed by atoms with Gasteiger partial charge in [-0.2, -0.15) is 0 Å². The van der Waals surface area contributed by atoms with Crippen molar-refractivity contribution in [3.8, 4) is 10.8 Å². The lowest BCUT2D eigenvalue weighted by molar-refractivity contribution is 0.0648. The SMILES string of the molecule is Cc1sc2c(c1C)C(c1ccc(N3CC4(CCN(CC5CCN(c6ccc([C@@H]7c8ccc(O)cc8CC[C@@H]7c7ccccc7)cc6)CC5)CC4)C3)cc1)=N[C@@H](C)c1nnc(C)n1-2. The monoisotopic (exact) mass is 841 g/mol. The van der Waals surface area contributed by atoms with Gasteiger partial charge in [-0.25, -0.2) is 0 Å². The fraction of sp³-hybridized carbons (Fsp3) is 0.415. The molecular weight excluding hydrogens is 783 g/mol. The molecule has 0 bridgehead atoms. The second kappa shape index (κ2) is 15.8. The van der Waals surface area contributed by atoms with E-state index in [9.17, 15) is 5.11 Å². The topological polar surface area (TPSA) is 73.0 Å². The lowest BCUT2D eigenvalue weighted by Gasteiger charge is -2.55. The van der Waals surface area contributed by atoms with Crippen LogP contribution < -0.4 is 9.80 Å². The number of nitrogens with zero attached hydrogens (tertiary/aromatic N) is 7. The number of anilines is 2. The number of hydrogen-bond acceptors (Lipinski definition) is 8. The molecule has 9 heteroatoms. The number of hydrogen-bond donors (Lipinski definition) is 1. The molecule has 11 rings (SSSR count). The summed E-state index contributed by atoms with van der Waals surface area (Å²) in [6.07, 6.45) is 7.24. The van der Waals surface area contributed by atoms with Crippen molar-refractivity contribution >= 4 is 28.4 Å². The summed E-state index contributed by atoms with van der Waals surface area (Å²) in [5.74, 6) is 3.70.